The summed E-state index contributed by atoms with van der Waals surface area (Å²) < 4.78 is 0. The molecule has 4 aromatic carbocycles. The second-order valence-corrected chi connectivity index (χ2v) is 10.5. The van der Waals surface area contributed by atoms with Crippen molar-refractivity contribution in [1.82, 2.24) is 15.0 Å². The van der Waals surface area contributed by atoms with Crippen LogP contribution < -0.4 is 16.3 Å². The van der Waals surface area contributed by atoms with E-state index >= 15 is 0 Å². The van der Waals surface area contributed by atoms with Gasteiger partial charge in [-0.25, -0.2) is 9.97 Å². The Morgan fingerprint density at radius 2 is 0.829 bits per heavy atom. The average molecular weight is 465 g/mol. The third-order valence-corrected chi connectivity index (χ3v) is 8.73. The van der Waals surface area contributed by atoms with Crippen molar-refractivity contribution >= 4 is 67.6 Å². The number of para-hydroxylation sites is 2. The fraction of sp³-hybridized carbons (Fsp3) is 0. The summed E-state index contributed by atoms with van der Waals surface area (Å²) in [5.41, 5.74) is 5.08. The van der Waals surface area contributed by atoms with Gasteiger partial charge in [-0.15, -0.1) is 0 Å². The highest BCUT2D eigenvalue weighted by atomic mass is 31.1. The molecule has 3 nitrogen and oxygen atoms in total. The lowest BCUT2D eigenvalue weighted by Crippen LogP contribution is -2.27. The number of nitrogens with zero attached hydrogens (tertiary/aromatic N) is 3. The van der Waals surface area contributed by atoms with Crippen LogP contribution in [-0.2, 0) is 0 Å². The minimum atomic E-state index is -1.13. The number of hydrogen-bond acceptors (Lipinski definition) is 3. The molecule has 0 aliphatic carbocycles. The molecular weight excluding hydrogens is 445 g/mol. The summed E-state index contributed by atoms with van der Waals surface area (Å²) >= 11 is 0. The maximum Gasteiger partial charge on any atom is 0.0839 e. The highest BCUT2D eigenvalue weighted by Gasteiger charge is 2.26. The molecule has 0 atom stereocenters. The van der Waals surface area contributed by atoms with Gasteiger partial charge in [-0.05, 0) is 35.0 Å². The molecule has 0 unspecified atom stereocenters. The zero-order valence-corrected chi connectivity index (χ0v) is 19.7. The van der Waals surface area contributed by atoms with Gasteiger partial charge in [0.05, 0.1) is 27.3 Å². The van der Waals surface area contributed by atoms with Crippen molar-refractivity contribution in [2.24, 2.45) is 0 Å². The van der Waals surface area contributed by atoms with Gasteiger partial charge < -0.3 is 0 Å². The zero-order chi connectivity index (χ0) is 23.2. The van der Waals surface area contributed by atoms with Gasteiger partial charge in [0.1, 0.15) is 0 Å². The molecule has 0 amide bonds. The van der Waals surface area contributed by atoms with Gasteiger partial charge in [0.15, 0.2) is 0 Å². The molecule has 0 aliphatic heterocycles. The lowest BCUT2D eigenvalue weighted by Gasteiger charge is -2.21. The smallest absolute Gasteiger partial charge is 0.0839 e. The van der Waals surface area contributed by atoms with E-state index in [-0.39, 0.29) is 0 Å². The number of fused-ring (bicyclic) bond motifs is 6. The summed E-state index contributed by atoms with van der Waals surface area (Å²) in [5.74, 6) is 0. The van der Waals surface area contributed by atoms with Gasteiger partial charge in [-0.1, -0.05) is 91.0 Å². The molecule has 4 heteroatoms. The van der Waals surface area contributed by atoms with Crippen molar-refractivity contribution in [3.8, 4) is 0 Å². The van der Waals surface area contributed by atoms with Crippen LogP contribution in [0.25, 0.3) is 43.4 Å². The van der Waals surface area contributed by atoms with Crippen LogP contribution in [0.1, 0.15) is 0 Å². The Kier molecular flexibility index (Phi) is 4.75. The Morgan fingerprint density at radius 3 is 1.31 bits per heavy atom. The summed E-state index contributed by atoms with van der Waals surface area (Å²) in [6, 6.07) is 40.1. The van der Waals surface area contributed by atoms with Gasteiger partial charge in [-0.3, -0.25) is 4.98 Å². The molecule has 7 aromatic rings. The van der Waals surface area contributed by atoms with Gasteiger partial charge in [0, 0.05) is 35.7 Å². The van der Waals surface area contributed by atoms with E-state index in [1.165, 1.54) is 21.5 Å². The first-order valence-corrected chi connectivity index (χ1v) is 13.0. The van der Waals surface area contributed by atoms with Gasteiger partial charge in [-0.2, -0.15) is 0 Å². The highest BCUT2D eigenvalue weighted by Crippen LogP contribution is 2.39. The second-order valence-electron chi connectivity index (χ2n) is 8.52. The molecule has 0 aliphatic rings. The van der Waals surface area contributed by atoms with Crippen LogP contribution in [0, 0.1) is 0 Å². The molecule has 0 saturated carbocycles. The molecule has 0 fully saturated rings. The van der Waals surface area contributed by atoms with Crippen LogP contribution in [0.4, 0.5) is 0 Å². The number of aromatic nitrogens is 3. The monoisotopic (exact) mass is 465 g/mol. The van der Waals surface area contributed by atoms with Crippen LogP contribution in [0.3, 0.4) is 0 Å². The fourth-order valence-electron chi connectivity index (χ4n) is 4.92. The van der Waals surface area contributed by atoms with E-state index in [0.717, 1.165) is 38.1 Å². The lowest BCUT2D eigenvalue weighted by atomic mass is 10.1. The minimum Gasteiger partial charge on any atom is -0.256 e. The molecule has 3 aromatic heterocycles. The molecule has 7 rings (SSSR count). The van der Waals surface area contributed by atoms with Crippen LogP contribution >= 0.6 is 7.92 Å². The summed E-state index contributed by atoms with van der Waals surface area (Å²) in [4.78, 5) is 15.4. The maximum absolute atomic E-state index is 5.29. The number of pyridine rings is 3. The van der Waals surface area contributed by atoms with Crippen molar-refractivity contribution < 1.29 is 0 Å². The Balaban J connectivity index is 1.65. The summed E-state index contributed by atoms with van der Waals surface area (Å²) in [5, 5.41) is 7.06. The van der Waals surface area contributed by atoms with Gasteiger partial charge in [0.2, 0.25) is 0 Å². The first-order valence-electron chi connectivity index (χ1n) is 11.6. The average Bonchev–Trinajstić information content (AvgIpc) is 2.94. The Hall–Kier alpha value is -4.20. The van der Waals surface area contributed by atoms with E-state index in [1.54, 1.807) is 0 Å². The Morgan fingerprint density at radius 1 is 0.400 bits per heavy atom. The van der Waals surface area contributed by atoms with E-state index in [4.69, 9.17) is 15.0 Å². The Labute approximate surface area is 203 Å². The quantitative estimate of drug-likeness (QED) is 0.229. The molecule has 0 spiro atoms. The second kappa shape index (κ2) is 8.23. The predicted molar refractivity (Wildman–Crippen MR) is 149 cm³/mol. The van der Waals surface area contributed by atoms with Crippen LogP contribution in [-0.4, -0.2) is 15.0 Å². The van der Waals surface area contributed by atoms with Crippen molar-refractivity contribution in [1.29, 1.82) is 0 Å². The first kappa shape index (κ1) is 20.2. The molecule has 35 heavy (non-hydrogen) atoms. The molecule has 164 valence electrons. The lowest BCUT2D eigenvalue weighted by molar-refractivity contribution is 1.39. The maximum atomic E-state index is 5.29. The SMILES string of the molecule is c1ccc(P(c2nc3ccccc3c3ccccc23)c2nc3ccccc3c3ccccc23)nc1. The van der Waals surface area contributed by atoms with E-state index < -0.39 is 7.92 Å². The summed E-state index contributed by atoms with van der Waals surface area (Å²) in [6.45, 7) is 0. The van der Waals surface area contributed by atoms with E-state index in [0.29, 0.717) is 0 Å². The van der Waals surface area contributed by atoms with Crippen LogP contribution in [0.5, 0.6) is 0 Å². The molecule has 0 N–H and O–H groups in total. The molecule has 3 heterocycles. The topological polar surface area (TPSA) is 38.7 Å². The number of rotatable bonds is 3. The van der Waals surface area contributed by atoms with Gasteiger partial charge in [0.25, 0.3) is 0 Å². The standard InChI is InChI=1S/C31H20N3P/c1-3-15-25-21(11-1)23-13-5-7-17-27(23)33-30(25)35(29-19-9-10-20-32-29)31-26-16-4-2-12-22(26)24-14-6-8-18-28(24)34-31/h1-20H. The van der Waals surface area contributed by atoms with E-state index in [2.05, 4.69) is 109 Å². The molecule has 0 radical (unpaired) electrons. The summed E-state index contributed by atoms with van der Waals surface area (Å²) in [6.07, 6.45) is 1.87. The molecular formula is C31H20N3P. The van der Waals surface area contributed by atoms with Crippen molar-refractivity contribution in [3.63, 3.8) is 0 Å². The predicted octanol–water partition coefficient (Wildman–Crippen LogP) is 6.24. The third-order valence-electron chi connectivity index (χ3n) is 6.48. The van der Waals surface area contributed by atoms with Gasteiger partial charge >= 0.3 is 0 Å². The van der Waals surface area contributed by atoms with Crippen molar-refractivity contribution in [2.45, 2.75) is 0 Å². The largest absolute Gasteiger partial charge is 0.256 e. The number of hydrogen-bond donors (Lipinski definition) is 0. The van der Waals surface area contributed by atoms with Crippen LogP contribution in [0.2, 0.25) is 0 Å². The van der Waals surface area contributed by atoms with E-state index in [1.807, 2.05) is 12.3 Å². The minimum absolute atomic E-state index is 0.995. The fourth-order valence-corrected chi connectivity index (χ4v) is 7.26. The van der Waals surface area contributed by atoms with Crippen molar-refractivity contribution in [3.05, 3.63) is 121 Å². The molecule has 0 saturated heterocycles. The first-order chi connectivity index (χ1) is 17.4. The normalized spacial score (nSPS) is 11.7. The highest BCUT2D eigenvalue weighted by molar-refractivity contribution is 7.80. The third kappa shape index (κ3) is 3.28. The zero-order valence-electron chi connectivity index (χ0n) is 18.8. The van der Waals surface area contributed by atoms with Crippen LogP contribution in [0.15, 0.2) is 121 Å². The number of benzene rings is 4. The van der Waals surface area contributed by atoms with E-state index in [9.17, 15) is 0 Å². The summed E-state index contributed by atoms with van der Waals surface area (Å²) in [7, 11) is -1.13. The Bertz CT molecular complexity index is 1750. The van der Waals surface area contributed by atoms with Crippen molar-refractivity contribution in [2.75, 3.05) is 0 Å². The molecule has 0 bridgehead atoms.